The van der Waals surface area contributed by atoms with E-state index in [1.807, 2.05) is 0 Å². The van der Waals surface area contributed by atoms with Gasteiger partial charge < -0.3 is 10.4 Å². The lowest BCUT2D eigenvalue weighted by Crippen LogP contribution is -2.25. The van der Waals surface area contributed by atoms with Crippen molar-refractivity contribution in [2.45, 2.75) is 13.3 Å². The van der Waals surface area contributed by atoms with Crippen molar-refractivity contribution in [3.63, 3.8) is 0 Å². The van der Waals surface area contributed by atoms with Crippen molar-refractivity contribution in [1.29, 1.82) is 0 Å². The molecule has 0 aliphatic heterocycles. The molecule has 22 heavy (non-hydrogen) atoms. The Morgan fingerprint density at radius 2 is 1.95 bits per heavy atom. The van der Waals surface area contributed by atoms with Crippen LogP contribution in [0.1, 0.15) is 21.8 Å². The molecule has 0 radical (unpaired) electrons. The van der Waals surface area contributed by atoms with Gasteiger partial charge >= 0.3 is 5.97 Å². The van der Waals surface area contributed by atoms with E-state index in [9.17, 15) is 18.4 Å². The third-order valence-corrected chi connectivity index (χ3v) is 3.98. The molecule has 0 aliphatic rings. The number of aromatic nitrogens is 1. The number of carbonyl (C=O) groups excluding carboxylic acids is 1. The zero-order valence-electron chi connectivity index (χ0n) is 11.5. The SMILES string of the molecule is Cc1nc(-c2c(F)cccc2F)sc1C(=O)NCCC(=O)O. The number of hydrogen-bond donors (Lipinski definition) is 2. The summed E-state index contributed by atoms with van der Waals surface area (Å²) >= 11 is 0.857. The lowest BCUT2D eigenvalue weighted by Gasteiger charge is -2.01. The molecule has 0 saturated heterocycles. The van der Waals surface area contributed by atoms with Crippen LogP contribution >= 0.6 is 11.3 Å². The van der Waals surface area contributed by atoms with Crippen LogP contribution in [0.3, 0.4) is 0 Å². The first-order valence-electron chi connectivity index (χ1n) is 6.32. The molecule has 0 fully saturated rings. The van der Waals surface area contributed by atoms with Crippen molar-refractivity contribution in [3.05, 3.63) is 40.4 Å². The van der Waals surface area contributed by atoms with E-state index in [1.54, 1.807) is 6.92 Å². The number of halogens is 2. The smallest absolute Gasteiger partial charge is 0.305 e. The minimum atomic E-state index is -1.03. The topological polar surface area (TPSA) is 79.3 Å². The summed E-state index contributed by atoms with van der Waals surface area (Å²) < 4.78 is 27.5. The number of benzene rings is 1. The van der Waals surface area contributed by atoms with Crippen LogP contribution in [-0.2, 0) is 4.79 Å². The van der Waals surface area contributed by atoms with E-state index >= 15 is 0 Å². The van der Waals surface area contributed by atoms with E-state index < -0.39 is 23.5 Å². The van der Waals surface area contributed by atoms with Crippen LogP contribution in [0.25, 0.3) is 10.6 Å². The third kappa shape index (κ3) is 3.45. The van der Waals surface area contributed by atoms with E-state index in [0.717, 1.165) is 23.5 Å². The molecular formula is C14H12F2N2O3S. The fraction of sp³-hybridized carbons (Fsp3) is 0.214. The molecule has 0 spiro atoms. The normalized spacial score (nSPS) is 10.5. The second-order valence-electron chi connectivity index (χ2n) is 4.43. The zero-order valence-corrected chi connectivity index (χ0v) is 12.3. The van der Waals surface area contributed by atoms with E-state index in [0.29, 0.717) is 5.69 Å². The highest BCUT2D eigenvalue weighted by Crippen LogP contribution is 2.31. The number of hydrogen-bond acceptors (Lipinski definition) is 4. The molecule has 5 nitrogen and oxygen atoms in total. The van der Waals surface area contributed by atoms with Gasteiger partial charge in [-0.05, 0) is 19.1 Å². The summed E-state index contributed by atoms with van der Waals surface area (Å²) in [5.41, 5.74) is 0.0515. The maximum atomic E-state index is 13.7. The number of carbonyl (C=O) groups is 2. The first-order chi connectivity index (χ1) is 10.4. The predicted molar refractivity (Wildman–Crippen MR) is 76.8 cm³/mol. The first-order valence-corrected chi connectivity index (χ1v) is 7.13. The maximum Gasteiger partial charge on any atom is 0.305 e. The van der Waals surface area contributed by atoms with Gasteiger partial charge in [-0.15, -0.1) is 11.3 Å². The van der Waals surface area contributed by atoms with Crippen LogP contribution < -0.4 is 5.32 Å². The van der Waals surface area contributed by atoms with Crippen molar-refractivity contribution in [3.8, 4) is 10.6 Å². The summed E-state index contributed by atoms with van der Waals surface area (Å²) in [6.45, 7) is 1.51. The van der Waals surface area contributed by atoms with Crippen molar-refractivity contribution >= 4 is 23.2 Å². The van der Waals surface area contributed by atoms with Gasteiger partial charge in [-0.1, -0.05) is 6.07 Å². The number of aryl methyl sites for hydroxylation is 1. The Morgan fingerprint density at radius 1 is 1.32 bits per heavy atom. The van der Waals surface area contributed by atoms with E-state index in [-0.39, 0.29) is 28.4 Å². The van der Waals surface area contributed by atoms with Gasteiger partial charge in [0.1, 0.15) is 21.5 Å². The highest BCUT2D eigenvalue weighted by Gasteiger charge is 2.20. The van der Waals surface area contributed by atoms with Crippen LogP contribution in [-0.4, -0.2) is 28.5 Å². The molecule has 0 bridgehead atoms. The molecule has 0 aliphatic carbocycles. The van der Waals surface area contributed by atoms with Crippen LogP contribution in [0.2, 0.25) is 0 Å². The van der Waals surface area contributed by atoms with Crippen LogP contribution in [0, 0.1) is 18.6 Å². The maximum absolute atomic E-state index is 13.7. The lowest BCUT2D eigenvalue weighted by molar-refractivity contribution is -0.136. The Hall–Kier alpha value is -2.35. The molecule has 2 N–H and O–H groups in total. The third-order valence-electron chi connectivity index (χ3n) is 2.80. The van der Waals surface area contributed by atoms with Crippen LogP contribution in [0.15, 0.2) is 18.2 Å². The van der Waals surface area contributed by atoms with Crippen molar-refractivity contribution in [2.24, 2.45) is 0 Å². The molecule has 0 unspecified atom stereocenters. The van der Waals surface area contributed by atoms with Gasteiger partial charge in [0.2, 0.25) is 0 Å². The summed E-state index contributed by atoms with van der Waals surface area (Å²) in [6, 6.07) is 3.47. The number of aliphatic carboxylic acids is 1. The Labute approximate surface area is 128 Å². The summed E-state index contributed by atoms with van der Waals surface area (Å²) in [7, 11) is 0. The molecule has 1 aromatic carbocycles. The summed E-state index contributed by atoms with van der Waals surface area (Å²) in [5, 5.41) is 11.0. The lowest BCUT2D eigenvalue weighted by atomic mass is 10.2. The van der Waals surface area contributed by atoms with Gasteiger partial charge in [0.15, 0.2) is 0 Å². The Balaban J connectivity index is 2.25. The Morgan fingerprint density at radius 3 is 2.55 bits per heavy atom. The monoisotopic (exact) mass is 326 g/mol. The molecule has 1 heterocycles. The fourth-order valence-electron chi connectivity index (χ4n) is 1.78. The quantitative estimate of drug-likeness (QED) is 0.885. The summed E-state index contributed by atoms with van der Waals surface area (Å²) in [5.74, 6) is -3.06. The van der Waals surface area contributed by atoms with Gasteiger partial charge in [0, 0.05) is 6.54 Å². The standard InChI is InChI=1S/C14H12F2N2O3S/c1-7-12(13(21)17-6-5-10(19)20)22-14(18-7)11-8(15)3-2-4-9(11)16/h2-4H,5-6H2,1H3,(H,17,21)(H,19,20). The van der Waals surface area contributed by atoms with Crippen molar-refractivity contribution in [2.75, 3.05) is 6.54 Å². The molecule has 0 atom stereocenters. The molecule has 0 saturated carbocycles. The van der Waals surface area contributed by atoms with E-state index in [2.05, 4.69) is 10.3 Å². The average molecular weight is 326 g/mol. The number of nitrogens with zero attached hydrogens (tertiary/aromatic N) is 1. The fourth-order valence-corrected chi connectivity index (χ4v) is 2.81. The number of carboxylic acid groups (broad SMARTS) is 1. The molecule has 2 rings (SSSR count). The molecule has 1 amide bonds. The molecule has 1 aromatic heterocycles. The number of thiazole rings is 1. The Kier molecular flexibility index (Phi) is 4.81. The average Bonchev–Trinajstić information content (AvgIpc) is 2.80. The first kappa shape index (κ1) is 16.0. The summed E-state index contributed by atoms with van der Waals surface area (Å²) in [4.78, 5) is 26.6. The molecule has 116 valence electrons. The van der Waals surface area contributed by atoms with Gasteiger partial charge in [-0.3, -0.25) is 9.59 Å². The van der Waals surface area contributed by atoms with E-state index in [1.165, 1.54) is 6.07 Å². The number of nitrogens with one attached hydrogen (secondary N) is 1. The van der Waals surface area contributed by atoms with Crippen LogP contribution in [0.4, 0.5) is 8.78 Å². The van der Waals surface area contributed by atoms with Gasteiger partial charge in [-0.2, -0.15) is 0 Å². The predicted octanol–water partition coefficient (Wildman–Crippen LogP) is 2.60. The second-order valence-corrected chi connectivity index (χ2v) is 5.43. The van der Waals surface area contributed by atoms with Crippen molar-refractivity contribution in [1.82, 2.24) is 10.3 Å². The summed E-state index contributed by atoms with van der Waals surface area (Å²) in [6.07, 6.45) is -0.210. The van der Waals surface area contributed by atoms with Gasteiger partial charge in [0.25, 0.3) is 5.91 Å². The van der Waals surface area contributed by atoms with E-state index in [4.69, 9.17) is 5.11 Å². The Bertz CT molecular complexity index is 711. The molecule has 8 heteroatoms. The molecular weight excluding hydrogens is 314 g/mol. The number of amides is 1. The minimum Gasteiger partial charge on any atom is -0.481 e. The minimum absolute atomic E-state index is 0.0328. The highest BCUT2D eigenvalue weighted by atomic mass is 32.1. The second kappa shape index (κ2) is 6.61. The largest absolute Gasteiger partial charge is 0.481 e. The highest BCUT2D eigenvalue weighted by molar-refractivity contribution is 7.17. The number of carboxylic acids is 1. The van der Waals surface area contributed by atoms with Crippen LogP contribution in [0.5, 0.6) is 0 Å². The zero-order chi connectivity index (χ0) is 16.3. The van der Waals surface area contributed by atoms with Gasteiger partial charge in [0.05, 0.1) is 17.7 Å². The van der Waals surface area contributed by atoms with Crippen molar-refractivity contribution < 1.29 is 23.5 Å². The van der Waals surface area contributed by atoms with Gasteiger partial charge in [-0.25, -0.2) is 13.8 Å². The molecule has 2 aromatic rings. The number of rotatable bonds is 5.